The quantitative estimate of drug-likeness (QED) is 0.687. The van der Waals surface area contributed by atoms with Crippen LogP contribution in [0.15, 0.2) is 0 Å². The average molecular weight is 199 g/mol. The van der Waals surface area contributed by atoms with Crippen LogP contribution in [-0.4, -0.2) is 55.0 Å². The Hall–Kier alpha value is -0.610. The van der Waals surface area contributed by atoms with Crippen LogP contribution in [0.2, 0.25) is 0 Å². The van der Waals surface area contributed by atoms with E-state index in [1.165, 1.54) is 0 Å². The predicted molar refractivity (Wildman–Crippen MR) is 57.0 cm³/mol. The van der Waals surface area contributed by atoms with Gasteiger partial charge in [-0.2, -0.15) is 0 Å². The van der Waals surface area contributed by atoms with Gasteiger partial charge in [0.15, 0.2) is 0 Å². The van der Waals surface area contributed by atoms with Crippen molar-refractivity contribution >= 4 is 5.91 Å². The van der Waals surface area contributed by atoms with Gasteiger partial charge in [-0.3, -0.25) is 9.69 Å². The third-order valence-electron chi connectivity index (χ3n) is 2.63. The van der Waals surface area contributed by atoms with Gasteiger partial charge in [0.05, 0.1) is 0 Å². The fourth-order valence-electron chi connectivity index (χ4n) is 1.78. The molecule has 0 unspecified atom stereocenters. The van der Waals surface area contributed by atoms with Crippen LogP contribution in [0.1, 0.15) is 19.8 Å². The Morgan fingerprint density at radius 1 is 1.29 bits per heavy atom. The lowest BCUT2D eigenvalue weighted by Gasteiger charge is -2.34. The number of amides is 1. The first kappa shape index (κ1) is 11.5. The topological polar surface area (TPSA) is 49.6 Å². The minimum Gasteiger partial charge on any atom is -0.340 e. The van der Waals surface area contributed by atoms with Crippen molar-refractivity contribution in [3.8, 4) is 0 Å². The second-order valence-electron chi connectivity index (χ2n) is 3.76. The zero-order valence-corrected chi connectivity index (χ0v) is 9.04. The maximum Gasteiger partial charge on any atom is 0.222 e. The van der Waals surface area contributed by atoms with E-state index in [9.17, 15) is 4.79 Å². The number of carbonyl (C=O) groups is 1. The van der Waals surface area contributed by atoms with Crippen LogP contribution in [-0.2, 0) is 4.79 Å². The molecule has 0 atom stereocenters. The van der Waals surface area contributed by atoms with Gasteiger partial charge in [-0.25, -0.2) is 0 Å². The first-order valence-corrected chi connectivity index (χ1v) is 5.48. The number of nitrogens with two attached hydrogens (primary N) is 1. The summed E-state index contributed by atoms with van der Waals surface area (Å²) in [7, 11) is 0. The number of nitrogens with zero attached hydrogens (tertiary/aromatic N) is 2. The molecular formula is C10H21N3O. The van der Waals surface area contributed by atoms with Crippen molar-refractivity contribution < 1.29 is 4.79 Å². The normalized spacial score (nSPS) is 18.6. The lowest BCUT2D eigenvalue weighted by Crippen LogP contribution is -2.49. The van der Waals surface area contributed by atoms with Gasteiger partial charge in [-0.1, -0.05) is 6.92 Å². The molecule has 0 bridgehead atoms. The van der Waals surface area contributed by atoms with Crippen LogP contribution in [0.4, 0.5) is 0 Å². The SMILES string of the molecule is CCCC(=O)N1CCN(CCN)CC1. The van der Waals surface area contributed by atoms with Crippen LogP contribution >= 0.6 is 0 Å². The summed E-state index contributed by atoms with van der Waals surface area (Å²) in [5, 5.41) is 0. The number of carbonyl (C=O) groups excluding carboxylic acids is 1. The second-order valence-corrected chi connectivity index (χ2v) is 3.76. The molecule has 1 rings (SSSR count). The molecule has 0 radical (unpaired) electrons. The zero-order chi connectivity index (χ0) is 10.4. The first-order chi connectivity index (χ1) is 6.77. The highest BCUT2D eigenvalue weighted by molar-refractivity contribution is 5.76. The third kappa shape index (κ3) is 3.27. The molecule has 1 saturated heterocycles. The van der Waals surface area contributed by atoms with Crippen molar-refractivity contribution in [1.29, 1.82) is 0 Å². The molecule has 1 amide bonds. The van der Waals surface area contributed by atoms with Crippen LogP contribution in [0.3, 0.4) is 0 Å². The molecule has 0 aliphatic carbocycles. The lowest BCUT2D eigenvalue weighted by atomic mass is 10.2. The van der Waals surface area contributed by atoms with Gasteiger partial charge in [0, 0.05) is 45.7 Å². The van der Waals surface area contributed by atoms with E-state index in [2.05, 4.69) is 4.90 Å². The Balaban J connectivity index is 2.24. The van der Waals surface area contributed by atoms with E-state index in [0.717, 1.165) is 39.1 Å². The van der Waals surface area contributed by atoms with Crippen molar-refractivity contribution in [1.82, 2.24) is 9.80 Å². The molecule has 82 valence electrons. The van der Waals surface area contributed by atoms with Gasteiger partial charge >= 0.3 is 0 Å². The monoisotopic (exact) mass is 199 g/mol. The molecule has 0 aromatic carbocycles. The Bertz CT molecular complexity index is 176. The van der Waals surface area contributed by atoms with Crippen molar-refractivity contribution in [2.75, 3.05) is 39.3 Å². The molecule has 0 spiro atoms. The van der Waals surface area contributed by atoms with Gasteiger partial charge in [0.25, 0.3) is 0 Å². The van der Waals surface area contributed by atoms with E-state index >= 15 is 0 Å². The second kappa shape index (κ2) is 5.98. The molecule has 1 aliphatic rings. The van der Waals surface area contributed by atoms with E-state index in [4.69, 9.17) is 5.73 Å². The highest BCUT2D eigenvalue weighted by atomic mass is 16.2. The van der Waals surface area contributed by atoms with Crippen molar-refractivity contribution in [2.45, 2.75) is 19.8 Å². The van der Waals surface area contributed by atoms with Crippen LogP contribution in [0, 0.1) is 0 Å². The molecule has 2 N–H and O–H groups in total. The molecule has 4 heteroatoms. The first-order valence-electron chi connectivity index (χ1n) is 5.48. The maximum absolute atomic E-state index is 11.5. The summed E-state index contributed by atoms with van der Waals surface area (Å²) < 4.78 is 0. The number of hydrogen-bond donors (Lipinski definition) is 1. The van der Waals surface area contributed by atoms with E-state index < -0.39 is 0 Å². The predicted octanol–water partition coefficient (Wildman–Crippen LogP) is -0.111. The summed E-state index contributed by atoms with van der Waals surface area (Å²) in [5.41, 5.74) is 5.48. The zero-order valence-electron chi connectivity index (χ0n) is 9.04. The summed E-state index contributed by atoms with van der Waals surface area (Å²) in [6.07, 6.45) is 1.64. The fraction of sp³-hybridized carbons (Fsp3) is 0.900. The number of piperazine rings is 1. The van der Waals surface area contributed by atoms with Crippen LogP contribution in [0.25, 0.3) is 0 Å². The molecule has 4 nitrogen and oxygen atoms in total. The van der Waals surface area contributed by atoms with Gasteiger partial charge in [-0.05, 0) is 6.42 Å². The summed E-state index contributed by atoms with van der Waals surface area (Å²) in [6.45, 7) is 7.41. The van der Waals surface area contributed by atoms with Crippen molar-refractivity contribution in [2.24, 2.45) is 5.73 Å². The van der Waals surface area contributed by atoms with E-state index in [1.54, 1.807) is 0 Å². The maximum atomic E-state index is 11.5. The Morgan fingerprint density at radius 3 is 2.43 bits per heavy atom. The average Bonchev–Trinajstić information content (AvgIpc) is 2.20. The highest BCUT2D eigenvalue weighted by Crippen LogP contribution is 2.04. The number of rotatable bonds is 4. The standard InChI is InChI=1S/C10H21N3O/c1-2-3-10(14)13-8-6-12(5-4-11)7-9-13/h2-9,11H2,1H3. The summed E-state index contributed by atoms with van der Waals surface area (Å²) >= 11 is 0. The van der Waals surface area contributed by atoms with E-state index in [0.29, 0.717) is 18.9 Å². The molecule has 0 aromatic rings. The van der Waals surface area contributed by atoms with E-state index in [1.807, 2.05) is 11.8 Å². The molecule has 1 heterocycles. The summed E-state index contributed by atoms with van der Waals surface area (Å²) in [4.78, 5) is 15.8. The lowest BCUT2D eigenvalue weighted by molar-refractivity contribution is -0.132. The molecule has 0 saturated carbocycles. The third-order valence-corrected chi connectivity index (χ3v) is 2.63. The smallest absolute Gasteiger partial charge is 0.222 e. The van der Waals surface area contributed by atoms with Gasteiger partial charge in [-0.15, -0.1) is 0 Å². The van der Waals surface area contributed by atoms with Crippen molar-refractivity contribution in [3.05, 3.63) is 0 Å². The summed E-state index contributed by atoms with van der Waals surface area (Å²) in [5.74, 6) is 0.305. The minimum atomic E-state index is 0.305. The fourth-order valence-corrected chi connectivity index (χ4v) is 1.78. The highest BCUT2D eigenvalue weighted by Gasteiger charge is 2.19. The van der Waals surface area contributed by atoms with Crippen LogP contribution < -0.4 is 5.73 Å². The van der Waals surface area contributed by atoms with E-state index in [-0.39, 0.29) is 0 Å². The minimum absolute atomic E-state index is 0.305. The molecule has 14 heavy (non-hydrogen) atoms. The van der Waals surface area contributed by atoms with Gasteiger partial charge < -0.3 is 10.6 Å². The Labute approximate surface area is 86.0 Å². The molecular weight excluding hydrogens is 178 g/mol. The molecule has 1 fully saturated rings. The Morgan fingerprint density at radius 2 is 1.93 bits per heavy atom. The molecule has 0 aromatic heterocycles. The number of hydrogen-bond acceptors (Lipinski definition) is 3. The Kier molecular flexibility index (Phi) is 4.90. The largest absolute Gasteiger partial charge is 0.340 e. The van der Waals surface area contributed by atoms with Crippen LogP contribution in [0.5, 0.6) is 0 Å². The van der Waals surface area contributed by atoms with Crippen molar-refractivity contribution in [3.63, 3.8) is 0 Å². The summed E-state index contributed by atoms with van der Waals surface area (Å²) in [6, 6.07) is 0. The molecule has 1 aliphatic heterocycles. The van der Waals surface area contributed by atoms with Gasteiger partial charge in [0.1, 0.15) is 0 Å². The van der Waals surface area contributed by atoms with Gasteiger partial charge in [0.2, 0.25) is 5.91 Å².